The number of benzene rings is 2. The fourth-order valence-electron chi connectivity index (χ4n) is 1.81. The van der Waals surface area contributed by atoms with Crippen molar-refractivity contribution < 1.29 is 9.13 Å². The van der Waals surface area contributed by atoms with Gasteiger partial charge in [0.25, 0.3) is 0 Å². The number of para-hydroxylation sites is 1. The quantitative estimate of drug-likeness (QED) is 0.817. The number of nitrogens with two attached hydrogens (primary N) is 1. The van der Waals surface area contributed by atoms with Crippen molar-refractivity contribution in [3.8, 4) is 11.5 Å². The van der Waals surface area contributed by atoms with Gasteiger partial charge in [0.1, 0.15) is 10.7 Å². The lowest BCUT2D eigenvalue weighted by Gasteiger charge is -2.12. The highest BCUT2D eigenvalue weighted by Gasteiger charge is 2.15. The number of halogens is 2. The van der Waals surface area contributed by atoms with Crippen LogP contribution in [0.1, 0.15) is 18.1 Å². The second-order valence-corrected chi connectivity index (χ2v) is 5.40. The molecular formula is C15H13BrFNOS. The van der Waals surface area contributed by atoms with Gasteiger partial charge in [0.05, 0.1) is 4.47 Å². The lowest BCUT2D eigenvalue weighted by atomic mass is 10.1. The Morgan fingerprint density at radius 2 is 1.95 bits per heavy atom. The summed E-state index contributed by atoms with van der Waals surface area (Å²) < 4.78 is 20.1. The third-order valence-corrected chi connectivity index (χ3v) is 3.88. The summed E-state index contributed by atoms with van der Waals surface area (Å²) in [4.78, 5) is 0.135. The molecular weight excluding hydrogens is 341 g/mol. The third kappa shape index (κ3) is 2.99. The topological polar surface area (TPSA) is 35.2 Å². The van der Waals surface area contributed by atoms with Crippen molar-refractivity contribution in [2.75, 3.05) is 0 Å². The number of hydrogen-bond acceptors (Lipinski definition) is 2. The van der Waals surface area contributed by atoms with E-state index >= 15 is 0 Å². The SMILES string of the molecule is CCc1ccccc1Oc1ccc(C(N)=S)c(Br)c1F. The average molecular weight is 354 g/mol. The van der Waals surface area contributed by atoms with E-state index in [0.29, 0.717) is 11.3 Å². The molecule has 0 aliphatic carbocycles. The van der Waals surface area contributed by atoms with Gasteiger partial charge in [-0.05, 0) is 46.1 Å². The predicted octanol–water partition coefficient (Wildman–Crippen LogP) is 4.58. The molecule has 0 aliphatic rings. The summed E-state index contributed by atoms with van der Waals surface area (Å²) in [5, 5.41) is 0. The molecule has 0 bridgehead atoms. The first kappa shape index (κ1) is 14.9. The number of rotatable bonds is 4. The van der Waals surface area contributed by atoms with Gasteiger partial charge in [-0.25, -0.2) is 4.39 Å². The van der Waals surface area contributed by atoms with Crippen molar-refractivity contribution in [1.82, 2.24) is 0 Å². The van der Waals surface area contributed by atoms with Crippen LogP contribution in [-0.4, -0.2) is 4.99 Å². The molecule has 0 saturated heterocycles. The molecule has 2 nitrogen and oxygen atoms in total. The van der Waals surface area contributed by atoms with Crippen molar-refractivity contribution in [2.45, 2.75) is 13.3 Å². The molecule has 0 saturated carbocycles. The Kier molecular flexibility index (Phi) is 4.73. The number of hydrogen-bond donors (Lipinski definition) is 1. The molecule has 2 aromatic rings. The van der Waals surface area contributed by atoms with Crippen LogP contribution in [0, 0.1) is 5.82 Å². The van der Waals surface area contributed by atoms with Gasteiger partial charge in [-0.1, -0.05) is 37.3 Å². The fourth-order valence-corrected chi connectivity index (χ4v) is 2.66. The Bertz CT molecular complexity index is 660. The molecule has 0 unspecified atom stereocenters. The maximum atomic E-state index is 14.3. The first-order valence-corrected chi connectivity index (χ1v) is 7.28. The van der Waals surface area contributed by atoms with Crippen LogP contribution in [0.5, 0.6) is 11.5 Å². The van der Waals surface area contributed by atoms with E-state index in [1.165, 1.54) is 6.07 Å². The van der Waals surface area contributed by atoms with Gasteiger partial charge < -0.3 is 10.5 Å². The molecule has 0 aromatic heterocycles. The van der Waals surface area contributed by atoms with Crippen molar-refractivity contribution in [2.24, 2.45) is 5.73 Å². The monoisotopic (exact) mass is 353 g/mol. The van der Waals surface area contributed by atoms with E-state index < -0.39 is 5.82 Å². The largest absolute Gasteiger partial charge is 0.454 e. The minimum atomic E-state index is -0.513. The molecule has 0 radical (unpaired) electrons. The Hall–Kier alpha value is -1.46. The molecule has 2 rings (SSSR count). The molecule has 0 atom stereocenters. The summed E-state index contributed by atoms with van der Waals surface area (Å²) in [7, 11) is 0. The van der Waals surface area contributed by atoms with Crippen LogP contribution in [0.4, 0.5) is 4.39 Å². The summed E-state index contributed by atoms with van der Waals surface area (Å²) in [5.74, 6) is 0.267. The Morgan fingerprint density at radius 3 is 2.60 bits per heavy atom. The van der Waals surface area contributed by atoms with Crippen molar-refractivity contribution in [1.29, 1.82) is 0 Å². The molecule has 0 amide bonds. The molecule has 5 heteroatoms. The van der Waals surface area contributed by atoms with Crippen molar-refractivity contribution in [3.05, 3.63) is 57.8 Å². The summed E-state index contributed by atoms with van der Waals surface area (Å²) in [6, 6.07) is 10.7. The molecule has 20 heavy (non-hydrogen) atoms. The zero-order chi connectivity index (χ0) is 14.7. The van der Waals surface area contributed by atoms with Gasteiger partial charge in [0.2, 0.25) is 0 Å². The Labute approximate surface area is 130 Å². The van der Waals surface area contributed by atoms with Gasteiger partial charge in [-0.3, -0.25) is 0 Å². The molecule has 0 aliphatic heterocycles. The minimum Gasteiger partial charge on any atom is -0.454 e. The molecule has 2 aromatic carbocycles. The molecule has 104 valence electrons. The van der Waals surface area contributed by atoms with Gasteiger partial charge in [0.15, 0.2) is 11.6 Å². The smallest absolute Gasteiger partial charge is 0.180 e. The molecule has 0 heterocycles. The van der Waals surface area contributed by atoms with Crippen LogP contribution >= 0.6 is 28.1 Å². The zero-order valence-electron chi connectivity index (χ0n) is 10.8. The van der Waals surface area contributed by atoms with Crippen LogP contribution in [0.15, 0.2) is 40.9 Å². The summed E-state index contributed by atoms with van der Waals surface area (Å²) in [6.07, 6.45) is 0.809. The second kappa shape index (κ2) is 6.33. The number of thiocarbonyl (C=S) groups is 1. The van der Waals surface area contributed by atoms with E-state index in [0.717, 1.165) is 12.0 Å². The van der Waals surface area contributed by atoms with Crippen LogP contribution in [0.3, 0.4) is 0 Å². The lowest BCUT2D eigenvalue weighted by molar-refractivity contribution is 0.436. The molecule has 2 N–H and O–H groups in total. The van der Waals surface area contributed by atoms with Crippen LogP contribution < -0.4 is 10.5 Å². The summed E-state index contributed by atoms with van der Waals surface area (Å²) in [6.45, 7) is 2.02. The second-order valence-electron chi connectivity index (χ2n) is 4.17. The van der Waals surface area contributed by atoms with E-state index in [2.05, 4.69) is 15.9 Å². The Morgan fingerprint density at radius 1 is 1.25 bits per heavy atom. The van der Waals surface area contributed by atoms with E-state index in [1.807, 2.05) is 31.2 Å². The van der Waals surface area contributed by atoms with Gasteiger partial charge in [-0.2, -0.15) is 0 Å². The van der Waals surface area contributed by atoms with E-state index in [1.54, 1.807) is 6.07 Å². The van der Waals surface area contributed by atoms with Crippen LogP contribution in [-0.2, 0) is 6.42 Å². The standard InChI is InChI=1S/C15H13BrFNOS/c1-2-9-5-3-4-6-11(9)19-12-8-7-10(15(18)20)13(16)14(12)17/h3-8H,2H2,1H3,(H2,18,20). The lowest BCUT2D eigenvalue weighted by Crippen LogP contribution is -2.11. The first-order chi connectivity index (χ1) is 9.54. The summed E-state index contributed by atoms with van der Waals surface area (Å²) >= 11 is 8.02. The maximum absolute atomic E-state index is 14.3. The van der Waals surface area contributed by atoms with E-state index in [-0.39, 0.29) is 15.2 Å². The fraction of sp³-hybridized carbons (Fsp3) is 0.133. The first-order valence-electron chi connectivity index (χ1n) is 6.08. The minimum absolute atomic E-state index is 0.135. The predicted molar refractivity (Wildman–Crippen MR) is 85.9 cm³/mol. The van der Waals surface area contributed by atoms with Gasteiger partial charge in [0, 0.05) is 5.56 Å². The normalized spacial score (nSPS) is 10.3. The van der Waals surface area contributed by atoms with E-state index in [9.17, 15) is 4.39 Å². The highest BCUT2D eigenvalue weighted by Crippen LogP contribution is 2.33. The zero-order valence-corrected chi connectivity index (χ0v) is 13.2. The number of aryl methyl sites for hydroxylation is 1. The molecule has 0 spiro atoms. The van der Waals surface area contributed by atoms with Gasteiger partial charge in [-0.15, -0.1) is 0 Å². The van der Waals surface area contributed by atoms with Gasteiger partial charge >= 0.3 is 0 Å². The highest BCUT2D eigenvalue weighted by atomic mass is 79.9. The van der Waals surface area contributed by atoms with Crippen molar-refractivity contribution in [3.63, 3.8) is 0 Å². The average Bonchev–Trinajstić information content (AvgIpc) is 2.44. The molecule has 0 fully saturated rings. The highest BCUT2D eigenvalue weighted by molar-refractivity contribution is 9.10. The van der Waals surface area contributed by atoms with Crippen LogP contribution in [0.2, 0.25) is 0 Å². The van der Waals surface area contributed by atoms with Crippen molar-refractivity contribution >= 4 is 33.1 Å². The third-order valence-electron chi connectivity index (χ3n) is 2.89. The van der Waals surface area contributed by atoms with E-state index in [4.69, 9.17) is 22.7 Å². The van der Waals surface area contributed by atoms with Crippen LogP contribution in [0.25, 0.3) is 0 Å². The Balaban J connectivity index is 2.40. The maximum Gasteiger partial charge on any atom is 0.180 e. The summed E-state index contributed by atoms with van der Waals surface area (Å²) in [5.41, 5.74) is 6.99. The number of ether oxygens (including phenoxy) is 1.